The highest BCUT2D eigenvalue weighted by Gasteiger charge is 2.13. The van der Waals surface area contributed by atoms with Gasteiger partial charge in [-0.25, -0.2) is 8.42 Å². The van der Waals surface area contributed by atoms with Crippen molar-refractivity contribution >= 4 is 38.3 Å². The van der Waals surface area contributed by atoms with Crippen molar-refractivity contribution in [3.05, 3.63) is 87.5 Å². The maximum Gasteiger partial charge on any atom is 0.261 e. The highest BCUT2D eigenvalue weighted by atomic mass is 127. The Morgan fingerprint density at radius 2 is 1.53 bits per heavy atom. The van der Waals surface area contributed by atoms with E-state index in [1.54, 1.807) is 60.7 Å². The van der Waals surface area contributed by atoms with Crippen molar-refractivity contribution in [2.75, 3.05) is 17.8 Å². The van der Waals surface area contributed by atoms with Crippen LogP contribution in [0.15, 0.2) is 77.7 Å². The van der Waals surface area contributed by atoms with Crippen LogP contribution in [0.5, 0.6) is 5.75 Å². The van der Waals surface area contributed by atoms with Gasteiger partial charge < -0.3 is 15.5 Å². The Morgan fingerprint density at radius 1 is 0.900 bits per heavy atom. The van der Waals surface area contributed by atoms with Gasteiger partial charge in [-0.3, -0.25) is 4.72 Å². The summed E-state index contributed by atoms with van der Waals surface area (Å²) in [6, 6.07) is 20.4. The number of aromatic hydroxyl groups is 1. The number of aliphatic hydroxyl groups is 1. The van der Waals surface area contributed by atoms with E-state index >= 15 is 0 Å². The Morgan fingerprint density at radius 3 is 2.17 bits per heavy atom. The first-order chi connectivity index (χ1) is 14.3. The number of hydrogen-bond donors (Lipinski definition) is 4. The number of nitrogens with one attached hydrogen (secondary N) is 2. The molecule has 6 nitrogen and oxygen atoms in total. The number of benzene rings is 3. The van der Waals surface area contributed by atoms with Gasteiger partial charge >= 0.3 is 0 Å². The monoisotopic (exact) mass is 538 g/mol. The molecule has 3 rings (SSSR count). The van der Waals surface area contributed by atoms with E-state index in [0.29, 0.717) is 18.8 Å². The van der Waals surface area contributed by atoms with Gasteiger partial charge in [0.2, 0.25) is 0 Å². The molecule has 3 aromatic carbocycles. The second kappa shape index (κ2) is 10.3. The van der Waals surface area contributed by atoms with Gasteiger partial charge in [-0.15, -0.1) is 0 Å². The average Bonchev–Trinajstić information content (AvgIpc) is 2.73. The Balaban J connectivity index is 1.47. The molecule has 0 amide bonds. The Bertz CT molecular complexity index is 1050. The second-order valence-electron chi connectivity index (χ2n) is 6.82. The van der Waals surface area contributed by atoms with Gasteiger partial charge in [0.1, 0.15) is 5.75 Å². The molecule has 0 heterocycles. The minimum Gasteiger partial charge on any atom is -0.508 e. The summed E-state index contributed by atoms with van der Waals surface area (Å²) in [4.78, 5) is 0.225. The molecule has 0 radical (unpaired) electrons. The first kappa shape index (κ1) is 22.5. The fourth-order valence-corrected chi connectivity index (χ4v) is 4.27. The molecule has 0 bridgehead atoms. The minimum atomic E-state index is -3.61. The van der Waals surface area contributed by atoms with Crippen LogP contribution in [-0.2, 0) is 16.4 Å². The summed E-state index contributed by atoms with van der Waals surface area (Å²) in [6.45, 7) is 1.07. The average molecular weight is 538 g/mol. The Hall–Kier alpha value is -2.14. The first-order valence-corrected chi connectivity index (χ1v) is 11.9. The van der Waals surface area contributed by atoms with Crippen LogP contribution in [-0.4, -0.2) is 31.7 Å². The summed E-state index contributed by atoms with van der Waals surface area (Å²) >= 11 is 2.13. The SMILES string of the molecule is O=S(=O)(Nc1ccc(CCNCC(O)c2ccc(O)cc2)cc1)c1ccc(I)cc1. The van der Waals surface area contributed by atoms with E-state index in [-0.39, 0.29) is 10.6 Å². The zero-order valence-corrected chi connectivity index (χ0v) is 19.1. The lowest BCUT2D eigenvalue weighted by Gasteiger charge is -2.13. The molecule has 3 aromatic rings. The standard InChI is InChI=1S/C22H23IN2O4S/c23-18-5-11-21(12-6-18)30(28,29)25-19-7-1-16(2-8-19)13-14-24-15-22(27)17-3-9-20(26)10-4-17/h1-12,22,24-27H,13-15H2. The molecule has 0 aliphatic rings. The van der Waals surface area contributed by atoms with E-state index in [1.807, 2.05) is 12.1 Å². The van der Waals surface area contributed by atoms with Crippen molar-refractivity contribution in [3.63, 3.8) is 0 Å². The molecule has 0 saturated carbocycles. The van der Waals surface area contributed by atoms with E-state index in [9.17, 15) is 18.6 Å². The molecule has 0 spiro atoms. The third-order valence-electron chi connectivity index (χ3n) is 4.54. The van der Waals surface area contributed by atoms with Crippen LogP contribution in [0, 0.1) is 3.57 Å². The Kier molecular flexibility index (Phi) is 7.70. The van der Waals surface area contributed by atoms with Gasteiger partial charge in [-0.1, -0.05) is 24.3 Å². The quantitative estimate of drug-likeness (QED) is 0.246. The number of aliphatic hydroxyl groups excluding tert-OH is 1. The van der Waals surface area contributed by atoms with Gasteiger partial charge in [0.15, 0.2) is 0 Å². The number of sulfonamides is 1. The first-order valence-electron chi connectivity index (χ1n) is 9.38. The van der Waals surface area contributed by atoms with Crippen molar-refractivity contribution in [2.45, 2.75) is 17.4 Å². The predicted molar refractivity (Wildman–Crippen MR) is 126 cm³/mol. The molecule has 4 N–H and O–H groups in total. The molecule has 1 atom stereocenters. The Labute approximate surface area is 190 Å². The van der Waals surface area contributed by atoms with Crippen LogP contribution in [0.4, 0.5) is 5.69 Å². The lowest BCUT2D eigenvalue weighted by molar-refractivity contribution is 0.175. The molecule has 0 aliphatic heterocycles. The van der Waals surface area contributed by atoms with Gasteiger partial charge in [0.25, 0.3) is 10.0 Å². The zero-order valence-electron chi connectivity index (χ0n) is 16.1. The maximum absolute atomic E-state index is 12.4. The fourth-order valence-electron chi connectivity index (χ4n) is 2.85. The molecule has 8 heteroatoms. The van der Waals surface area contributed by atoms with Crippen molar-refractivity contribution in [1.29, 1.82) is 0 Å². The van der Waals surface area contributed by atoms with Gasteiger partial charge in [-0.05, 0) is 95.2 Å². The second-order valence-corrected chi connectivity index (χ2v) is 9.75. The summed E-state index contributed by atoms with van der Waals surface area (Å²) in [5.74, 6) is 0.170. The lowest BCUT2D eigenvalue weighted by Crippen LogP contribution is -2.23. The zero-order chi connectivity index (χ0) is 21.6. The summed E-state index contributed by atoms with van der Waals surface area (Å²) in [6.07, 6.45) is 0.0931. The highest BCUT2D eigenvalue weighted by molar-refractivity contribution is 14.1. The molecule has 30 heavy (non-hydrogen) atoms. The molecular weight excluding hydrogens is 515 g/mol. The summed E-state index contributed by atoms with van der Waals surface area (Å²) < 4.78 is 28.5. The van der Waals surface area contributed by atoms with E-state index in [4.69, 9.17) is 0 Å². The van der Waals surface area contributed by atoms with Crippen LogP contribution in [0.3, 0.4) is 0 Å². The van der Waals surface area contributed by atoms with E-state index in [0.717, 1.165) is 21.1 Å². The number of rotatable bonds is 9. The van der Waals surface area contributed by atoms with E-state index in [1.165, 1.54) is 0 Å². The third kappa shape index (κ3) is 6.43. The van der Waals surface area contributed by atoms with Gasteiger partial charge in [-0.2, -0.15) is 0 Å². The topological polar surface area (TPSA) is 98.7 Å². The molecule has 158 valence electrons. The van der Waals surface area contributed by atoms with Gasteiger partial charge in [0.05, 0.1) is 11.0 Å². The molecule has 1 unspecified atom stereocenters. The molecule has 0 aliphatic carbocycles. The minimum absolute atomic E-state index is 0.170. The van der Waals surface area contributed by atoms with E-state index < -0.39 is 16.1 Å². The smallest absolute Gasteiger partial charge is 0.261 e. The summed E-state index contributed by atoms with van der Waals surface area (Å²) in [7, 11) is -3.61. The largest absolute Gasteiger partial charge is 0.508 e. The van der Waals surface area contributed by atoms with Crippen LogP contribution < -0.4 is 10.0 Å². The van der Waals surface area contributed by atoms with Crippen LogP contribution in [0.2, 0.25) is 0 Å². The van der Waals surface area contributed by atoms with Gasteiger partial charge in [0, 0.05) is 15.8 Å². The van der Waals surface area contributed by atoms with Crippen LogP contribution in [0.1, 0.15) is 17.2 Å². The van der Waals surface area contributed by atoms with Crippen molar-refractivity contribution in [1.82, 2.24) is 5.32 Å². The predicted octanol–water partition coefficient (Wildman–Crippen LogP) is 3.66. The number of anilines is 1. The summed E-state index contributed by atoms with van der Waals surface area (Å²) in [5.41, 5.74) is 2.30. The van der Waals surface area contributed by atoms with Crippen LogP contribution >= 0.6 is 22.6 Å². The molecular formula is C22H23IN2O4S. The molecule has 0 aromatic heterocycles. The number of phenols is 1. The fraction of sp³-hybridized carbons (Fsp3) is 0.182. The number of hydrogen-bond acceptors (Lipinski definition) is 5. The van der Waals surface area contributed by atoms with Crippen LogP contribution in [0.25, 0.3) is 0 Å². The normalized spacial score (nSPS) is 12.5. The highest BCUT2D eigenvalue weighted by Crippen LogP contribution is 2.18. The summed E-state index contributed by atoms with van der Waals surface area (Å²) in [5, 5.41) is 22.6. The number of halogens is 1. The number of phenolic OH excluding ortho intramolecular Hbond substituents is 1. The van der Waals surface area contributed by atoms with Crippen molar-refractivity contribution in [3.8, 4) is 5.75 Å². The lowest BCUT2D eigenvalue weighted by atomic mass is 10.1. The van der Waals surface area contributed by atoms with Crippen molar-refractivity contribution < 1.29 is 18.6 Å². The third-order valence-corrected chi connectivity index (χ3v) is 6.65. The molecule has 0 fully saturated rings. The van der Waals surface area contributed by atoms with E-state index in [2.05, 4.69) is 32.6 Å². The van der Waals surface area contributed by atoms with Crippen molar-refractivity contribution in [2.24, 2.45) is 0 Å². The maximum atomic E-state index is 12.4. The molecule has 0 saturated heterocycles.